The van der Waals surface area contributed by atoms with Crippen LogP contribution in [0.3, 0.4) is 0 Å². The lowest BCUT2D eigenvalue weighted by Crippen LogP contribution is -2.49. The number of piperidine rings is 1. The molecule has 1 aliphatic heterocycles. The summed E-state index contributed by atoms with van der Waals surface area (Å²) in [7, 11) is 0. The van der Waals surface area contributed by atoms with Crippen molar-refractivity contribution in [1.29, 1.82) is 0 Å². The van der Waals surface area contributed by atoms with E-state index in [0.29, 0.717) is 11.3 Å². The summed E-state index contributed by atoms with van der Waals surface area (Å²) < 4.78 is 0. The summed E-state index contributed by atoms with van der Waals surface area (Å²) in [6.07, 6.45) is 7.68. The van der Waals surface area contributed by atoms with E-state index in [4.69, 9.17) is 0 Å². The van der Waals surface area contributed by atoms with E-state index in [1.807, 2.05) is 0 Å². The van der Waals surface area contributed by atoms with E-state index < -0.39 is 0 Å². The van der Waals surface area contributed by atoms with Crippen LogP contribution in [0.25, 0.3) is 0 Å². The third-order valence-corrected chi connectivity index (χ3v) is 4.93. The maximum absolute atomic E-state index is 12.1. The van der Waals surface area contributed by atoms with Gasteiger partial charge in [-0.3, -0.25) is 4.79 Å². The molecule has 3 nitrogen and oxygen atoms in total. The third kappa shape index (κ3) is 2.49. The molecule has 0 spiro atoms. The molecule has 0 aromatic heterocycles. The van der Waals surface area contributed by atoms with Gasteiger partial charge in [0.2, 0.25) is 5.91 Å². The summed E-state index contributed by atoms with van der Waals surface area (Å²) in [6.45, 7) is 4.17. The maximum atomic E-state index is 12.1. The Morgan fingerprint density at radius 2 is 2.12 bits per heavy atom. The zero-order chi connectivity index (χ0) is 11.9. The summed E-state index contributed by atoms with van der Waals surface area (Å²) >= 11 is 0. The average Bonchev–Trinajstić information content (AvgIpc) is 3.15. The van der Waals surface area contributed by atoms with Crippen LogP contribution in [-0.2, 0) is 4.79 Å². The zero-order valence-electron chi connectivity index (χ0n) is 10.8. The van der Waals surface area contributed by atoms with Crippen molar-refractivity contribution in [2.45, 2.75) is 51.5 Å². The van der Waals surface area contributed by atoms with Crippen LogP contribution in [0.15, 0.2) is 0 Å². The van der Waals surface area contributed by atoms with Crippen LogP contribution in [0.1, 0.15) is 45.4 Å². The van der Waals surface area contributed by atoms with Crippen LogP contribution < -0.4 is 10.6 Å². The standard InChI is InChI=1S/C14H24N2O/c1-10-4-7-15-12(8-10)13(17)16-9-14(5-6-14)11-2-3-11/h10-12,15H,2-9H2,1H3,(H,16,17). The predicted octanol–water partition coefficient (Wildman–Crippen LogP) is 1.68. The average molecular weight is 236 g/mol. The number of hydrogen-bond acceptors (Lipinski definition) is 2. The van der Waals surface area contributed by atoms with Gasteiger partial charge in [0.15, 0.2) is 0 Å². The highest BCUT2D eigenvalue weighted by Gasteiger charge is 2.53. The summed E-state index contributed by atoms with van der Waals surface area (Å²) in [6, 6.07) is 0.0637. The minimum absolute atomic E-state index is 0.0637. The van der Waals surface area contributed by atoms with Crippen molar-refractivity contribution in [2.75, 3.05) is 13.1 Å². The minimum Gasteiger partial charge on any atom is -0.354 e. The van der Waals surface area contributed by atoms with E-state index >= 15 is 0 Å². The van der Waals surface area contributed by atoms with Gasteiger partial charge >= 0.3 is 0 Å². The molecule has 2 N–H and O–H groups in total. The Kier molecular flexibility index (Phi) is 2.89. The van der Waals surface area contributed by atoms with Gasteiger partial charge in [0, 0.05) is 6.54 Å². The molecule has 3 aliphatic rings. The highest BCUT2D eigenvalue weighted by Crippen LogP contribution is 2.60. The van der Waals surface area contributed by atoms with Crippen molar-refractivity contribution in [3.8, 4) is 0 Å². The van der Waals surface area contributed by atoms with E-state index in [0.717, 1.165) is 25.4 Å². The first-order valence-corrected chi connectivity index (χ1v) is 7.21. The van der Waals surface area contributed by atoms with Crippen molar-refractivity contribution < 1.29 is 4.79 Å². The molecular formula is C14H24N2O. The molecule has 3 fully saturated rings. The third-order valence-electron chi connectivity index (χ3n) is 4.93. The van der Waals surface area contributed by atoms with Gasteiger partial charge in [-0.05, 0) is 62.3 Å². The second-order valence-corrected chi connectivity index (χ2v) is 6.49. The van der Waals surface area contributed by atoms with Crippen LogP contribution in [0.5, 0.6) is 0 Å². The van der Waals surface area contributed by atoms with Gasteiger partial charge in [-0.25, -0.2) is 0 Å². The van der Waals surface area contributed by atoms with Crippen LogP contribution in [0.2, 0.25) is 0 Å². The molecule has 96 valence electrons. The second-order valence-electron chi connectivity index (χ2n) is 6.49. The topological polar surface area (TPSA) is 41.1 Å². The summed E-state index contributed by atoms with van der Waals surface area (Å²) in [5, 5.41) is 6.53. The van der Waals surface area contributed by atoms with Crippen LogP contribution in [-0.4, -0.2) is 25.0 Å². The molecule has 0 radical (unpaired) electrons. The molecule has 1 saturated heterocycles. The summed E-state index contributed by atoms with van der Waals surface area (Å²) in [4.78, 5) is 12.1. The van der Waals surface area contributed by atoms with Crippen LogP contribution in [0, 0.1) is 17.3 Å². The first-order valence-electron chi connectivity index (χ1n) is 7.21. The first-order chi connectivity index (χ1) is 8.20. The van der Waals surface area contributed by atoms with E-state index in [-0.39, 0.29) is 11.9 Å². The van der Waals surface area contributed by atoms with Crippen molar-refractivity contribution in [2.24, 2.45) is 17.3 Å². The SMILES string of the molecule is CC1CCNC(C(=O)NCC2(C3CC3)CC2)C1. The van der Waals surface area contributed by atoms with Gasteiger partial charge in [-0.1, -0.05) is 6.92 Å². The van der Waals surface area contributed by atoms with Crippen molar-refractivity contribution in [1.82, 2.24) is 10.6 Å². The summed E-state index contributed by atoms with van der Waals surface area (Å²) in [5.41, 5.74) is 0.524. The highest BCUT2D eigenvalue weighted by molar-refractivity contribution is 5.81. The highest BCUT2D eigenvalue weighted by atomic mass is 16.2. The molecule has 0 aromatic rings. The van der Waals surface area contributed by atoms with Crippen LogP contribution in [0.4, 0.5) is 0 Å². The Morgan fingerprint density at radius 3 is 2.71 bits per heavy atom. The Balaban J connectivity index is 1.46. The molecular weight excluding hydrogens is 212 g/mol. The minimum atomic E-state index is 0.0637. The number of carbonyl (C=O) groups is 1. The van der Waals surface area contributed by atoms with Gasteiger partial charge in [-0.2, -0.15) is 0 Å². The van der Waals surface area contributed by atoms with Gasteiger partial charge in [0.05, 0.1) is 6.04 Å². The van der Waals surface area contributed by atoms with Gasteiger partial charge in [0.25, 0.3) is 0 Å². The Bertz CT molecular complexity index is 307. The zero-order valence-corrected chi connectivity index (χ0v) is 10.8. The quantitative estimate of drug-likeness (QED) is 0.780. The first kappa shape index (κ1) is 11.5. The summed E-state index contributed by atoms with van der Waals surface area (Å²) in [5.74, 6) is 1.86. The largest absolute Gasteiger partial charge is 0.354 e. The molecule has 3 heteroatoms. The molecule has 3 rings (SSSR count). The maximum Gasteiger partial charge on any atom is 0.237 e. The van der Waals surface area contributed by atoms with Crippen molar-refractivity contribution in [3.05, 3.63) is 0 Å². The number of amides is 1. The molecule has 2 aliphatic carbocycles. The van der Waals surface area contributed by atoms with Gasteiger partial charge in [0.1, 0.15) is 0 Å². The molecule has 2 unspecified atom stereocenters. The fourth-order valence-corrected chi connectivity index (χ4v) is 3.28. The smallest absolute Gasteiger partial charge is 0.237 e. The monoisotopic (exact) mass is 236 g/mol. The van der Waals surface area contributed by atoms with E-state index in [1.54, 1.807) is 0 Å². The lowest BCUT2D eigenvalue weighted by Gasteiger charge is -2.28. The van der Waals surface area contributed by atoms with E-state index in [1.165, 1.54) is 32.1 Å². The molecule has 1 heterocycles. The Hall–Kier alpha value is -0.570. The van der Waals surface area contributed by atoms with Gasteiger partial charge in [-0.15, -0.1) is 0 Å². The van der Waals surface area contributed by atoms with E-state index in [9.17, 15) is 4.79 Å². The fourth-order valence-electron chi connectivity index (χ4n) is 3.28. The number of rotatable bonds is 4. The molecule has 0 aromatic carbocycles. The molecule has 17 heavy (non-hydrogen) atoms. The lowest BCUT2D eigenvalue weighted by molar-refractivity contribution is -0.124. The second kappa shape index (κ2) is 4.27. The number of hydrogen-bond donors (Lipinski definition) is 2. The molecule has 2 saturated carbocycles. The lowest BCUT2D eigenvalue weighted by atomic mass is 9.93. The molecule has 1 amide bonds. The predicted molar refractivity (Wildman–Crippen MR) is 67.6 cm³/mol. The normalized spacial score (nSPS) is 35.4. The van der Waals surface area contributed by atoms with Crippen LogP contribution >= 0.6 is 0 Å². The van der Waals surface area contributed by atoms with Gasteiger partial charge < -0.3 is 10.6 Å². The number of nitrogens with one attached hydrogen (secondary N) is 2. The fraction of sp³-hybridized carbons (Fsp3) is 0.929. The molecule has 0 bridgehead atoms. The Labute approximate surface area is 104 Å². The number of carbonyl (C=O) groups excluding carboxylic acids is 1. The van der Waals surface area contributed by atoms with Crippen molar-refractivity contribution in [3.63, 3.8) is 0 Å². The van der Waals surface area contributed by atoms with Crippen molar-refractivity contribution >= 4 is 5.91 Å². The molecule has 2 atom stereocenters. The Morgan fingerprint density at radius 1 is 1.35 bits per heavy atom. The van der Waals surface area contributed by atoms with E-state index in [2.05, 4.69) is 17.6 Å².